The minimum absolute atomic E-state index is 0.453. The van der Waals surface area contributed by atoms with E-state index in [9.17, 15) is 0 Å². The largest absolute Gasteiger partial charge is 0.377 e. The van der Waals surface area contributed by atoms with Crippen molar-refractivity contribution in [3.05, 3.63) is 35.9 Å². The summed E-state index contributed by atoms with van der Waals surface area (Å²) in [6.07, 6.45) is 0.826. The van der Waals surface area contributed by atoms with Gasteiger partial charge in [0.2, 0.25) is 0 Å². The van der Waals surface area contributed by atoms with Crippen LogP contribution < -0.4 is 0 Å². The second kappa shape index (κ2) is 4.91. The Labute approximate surface area is 69.4 Å². The van der Waals surface area contributed by atoms with Crippen molar-refractivity contribution in [1.82, 2.24) is 0 Å². The van der Waals surface area contributed by atoms with Crippen molar-refractivity contribution in [2.75, 3.05) is 6.61 Å². The van der Waals surface area contributed by atoms with Crippen LogP contribution in [0.2, 0.25) is 0 Å². The van der Waals surface area contributed by atoms with Crippen LogP contribution in [0.3, 0.4) is 0 Å². The van der Waals surface area contributed by atoms with Crippen molar-refractivity contribution in [2.45, 2.75) is 19.9 Å². The molecule has 0 saturated carbocycles. The fourth-order valence-corrected chi connectivity index (χ4v) is 0.866. The SMILES string of the molecule is [2H]CCCOCc1ccccc1. The Morgan fingerprint density at radius 1 is 1.36 bits per heavy atom. The molecule has 0 N–H and O–H groups in total. The molecule has 0 bridgehead atoms. The van der Waals surface area contributed by atoms with Crippen LogP contribution in [-0.2, 0) is 11.3 Å². The molecule has 0 saturated heterocycles. The van der Waals surface area contributed by atoms with Gasteiger partial charge in [-0.1, -0.05) is 37.2 Å². The highest BCUT2D eigenvalue weighted by Crippen LogP contribution is 2.00. The molecule has 0 aliphatic carbocycles. The van der Waals surface area contributed by atoms with E-state index in [1.807, 2.05) is 30.3 Å². The second-order valence-corrected chi connectivity index (χ2v) is 2.39. The quantitative estimate of drug-likeness (QED) is 0.601. The van der Waals surface area contributed by atoms with Gasteiger partial charge in [0, 0.05) is 7.98 Å². The molecule has 0 radical (unpaired) electrons. The van der Waals surface area contributed by atoms with E-state index in [1.165, 1.54) is 5.56 Å². The van der Waals surface area contributed by atoms with E-state index in [0.29, 0.717) is 20.1 Å². The van der Waals surface area contributed by atoms with E-state index in [1.54, 1.807) is 0 Å². The molecule has 0 aliphatic heterocycles. The molecule has 0 heterocycles. The molecule has 0 unspecified atom stereocenters. The highest BCUT2D eigenvalue weighted by molar-refractivity contribution is 5.13. The van der Waals surface area contributed by atoms with Gasteiger partial charge < -0.3 is 4.74 Å². The second-order valence-electron chi connectivity index (χ2n) is 2.39. The van der Waals surface area contributed by atoms with Gasteiger partial charge in [0.25, 0.3) is 0 Å². The third-order valence-corrected chi connectivity index (χ3v) is 1.40. The van der Waals surface area contributed by atoms with E-state index >= 15 is 0 Å². The lowest BCUT2D eigenvalue weighted by Crippen LogP contribution is -1.92. The van der Waals surface area contributed by atoms with Gasteiger partial charge in [-0.15, -0.1) is 0 Å². The van der Waals surface area contributed by atoms with Crippen molar-refractivity contribution in [3.63, 3.8) is 0 Å². The molecule has 0 amide bonds. The molecule has 1 heteroatoms. The summed E-state index contributed by atoms with van der Waals surface area (Å²) in [6.45, 7) is 1.81. The molecule has 11 heavy (non-hydrogen) atoms. The van der Waals surface area contributed by atoms with Gasteiger partial charge in [-0.05, 0) is 12.0 Å². The zero-order valence-electron chi connectivity index (χ0n) is 7.62. The van der Waals surface area contributed by atoms with Crippen LogP contribution in [0.4, 0.5) is 0 Å². The Balaban J connectivity index is 2.16. The fraction of sp³-hybridized carbons (Fsp3) is 0.400. The van der Waals surface area contributed by atoms with Crippen molar-refractivity contribution in [2.24, 2.45) is 0 Å². The van der Waals surface area contributed by atoms with Crippen molar-refractivity contribution in [3.8, 4) is 0 Å². The molecule has 0 aliphatic rings. The summed E-state index contributed by atoms with van der Waals surface area (Å²) >= 11 is 0. The van der Waals surface area contributed by atoms with E-state index in [0.717, 1.165) is 6.42 Å². The van der Waals surface area contributed by atoms with Crippen LogP contribution in [0.5, 0.6) is 0 Å². The maximum Gasteiger partial charge on any atom is 0.0716 e. The summed E-state index contributed by atoms with van der Waals surface area (Å²) in [5, 5.41) is 0. The molecule has 1 rings (SSSR count). The van der Waals surface area contributed by atoms with E-state index in [-0.39, 0.29) is 0 Å². The molecule has 1 aromatic rings. The highest BCUT2D eigenvalue weighted by atomic mass is 16.5. The summed E-state index contributed by atoms with van der Waals surface area (Å²) in [6, 6.07) is 10.1. The number of rotatable bonds is 4. The minimum atomic E-state index is 0.453. The maximum atomic E-state index is 6.91. The number of ether oxygens (including phenoxy) is 1. The van der Waals surface area contributed by atoms with Gasteiger partial charge >= 0.3 is 0 Å². The van der Waals surface area contributed by atoms with Gasteiger partial charge in [0.15, 0.2) is 0 Å². The van der Waals surface area contributed by atoms with Crippen molar-refractivity contribution < 1.29 is 6.11 Å². The first-order valence-corrected chi connectivity index (χ1v) is 3.84. The summed E-state index contributed by atoms with van der Waals surface area (Å²) in [4.78, 5) is 0. The number of hydrogen-bond donors (Lipinski definition) is 0. The Morgan fingerprint density at radius 3 is 2.91 bits per heavy atom. The average Bonchev–Trinajstić information content (AvgIpc) is 2.14. The first kappa shape index (κ1) is 6.86. The Bertz CT molecular complexity index is 198. The zero-order chi connectivity index (χ0) is 8.65. The molecular formula is C10H14O. The molecule has 0 atom stereocenters. The molecule has 60 valence electrons. The van der Waals surface area contributed by atoms with Crippen molar-refractivity contribution in [1.29, 1.82) is 0 Å². The lowest BCUT2D eigenvalue weighted by Gasteiger charge is -2.00. The van der Waals surface area contributed by atoms with Crippen LogP contribution in [0.25, 0.3) is 0 Å². The Hall–Kier alpha value is -0.820. The smallest absolute Gasteiger partial charge is 0.0716 e. The third kappa shape index (κ3) is 3.19. The van der Waals surface area contributed by atoms with Gasteiger partial charge in [0.1, 0.15) is 0 Å². The molecule has 0 fully saturated rings. The van der Waals surface area contributed by atoms with Crippen LogP contribution >= 0.6 is 0 Å². The summed E-state index contributed by atoms with van der Waals surface area (Å²) in [5.41, 5.74) is 1.20. The molecular weight excluding hydrogens is 136 g/mol. The highest BCUT2D eigenvalue weighted by Gasteiger charge is 1.88. The van der Waals surface area contributed by atoms with Gasteiger partial charge in [-0.2, -0.15) is 0 Å². The average molecular weight is 151 g/mol. The third-order valence-electron chi connectivity index (χ3n) is 1.40. The topological polar surface area (TPSA) is 9.23 Å². The normalized spacial score (nSPS) is 11.1. The van der Waals surface area contributed by atoms with E-state index in [2.05, 4.69) is 0 Å². The van der Waals surface area contributed by atoms with Crippen LogP contribution in [0.15, 0.2) is 30.3 Å². The van der Waals surface area contributed by atoms with E-state index in [4.69, 9.17) is 6.11 Å². The monoisotopic (exact) mass is 151 g/mol. The number of hydrogen-bond acceptors (Lipinski definition) is 1. The van der Waals surface area contributed by atoms with Gasteiger partial charge in [0.05, 0.1) is 6.61 Å². The van der Waals surface area contributed by atoms with Crippen LogP contribution in [0, 0.1) is 0 Å². The molecule has 1 nitrogen and oxygen atoms in total. The summed E-state index contributed by atoms with van der Waals surface area (Å²) in [5.74, 6) is 0. The Kier molecular flexibility index (Phi) is 3.07. The summed E-state index contributed by atoms with van der Waals surface area (Å²) < 4.78 is 12.2. The van der Waals surface area contributed by atoms with Gasteiger partial charge in [-0.3, -0.25) is 0 Å². The first-order valence-electron chi connectivity index (χ1n) is 4.55. The number of benzene rings is 1. The predicted octanol–water partition coefficient (Wildman–Crippen LogP) is 2.61. The molecule has 1 aromatic carbocycles. The lowest BCUT2D eigenvalue weighted by atomic mass is 10.2. The first-order chi connectivity index (χ1) is 5.93. The van der Waals surface area contributed by atoms with Crippen LogP contribution in [-0.4, -0.2) is 6.61 Å². The fourth-order valence-electron chi connectivity index (χ4n) is 0.866. The minimum Gasteiger partial charge on any atom is -0.377 e. The predicted molar refractivity (Wildman–Crippen MR) is 46.4 cm³/mol. The Morgan fingerprint density at radius 2 is 2.18 bits per heavy atom. The van der Waals surface area contributed by atoms with Gasteiger partial charge in [-0.25, -0.2) is 0 Å². The lowest BCUT2D eigenvalue weighted by molar-refractivity contribution is 0.121. The zero-order valence-corrected chi connectivity index (χ0v) is 6.62. The molecule has 0 spiro atoms. The van der Waals surface area contributed by atoms with Crippen LogP contribution in [0.1, 0.15) is 20.3 Å². The van der Waals surface area contributed by atoms with E-state index < -0.39 is 0 Å². The summed E-state index contributed by atoms with van der Waals surface area (Å²) in [7, 11) is 0. The molecule has 0 aromatic heterocycles. The standard InChI is InChI=1S/C10H14O/c1-2-8-11-9-10-6-4-3-5-7-10/h3-7H,2,8-9H2,1H3/i1D. The maximum absolute atomic E-state index is 6.91. The van der Waals surface area contributed by atoms with Crippen molar-refractivity contribution >= 4 is 0 Å².